The second-order valence-electron chi connectivity index (χ2n) is 3.48. The fourth-order valence-electron chi connectivity index (χ4n) is 1.76. The molecule has 1 aliphatic rings. The summed E-state index contributed by atoms with van der Waals surface area (Å²) < 4.78 is 20.5. The van der Waals surface area contributed by atoms with Gasteiger partial charge in [-0.25, -0.2) is 0 Å². The summed E-state index contributed by atoms with van der Waals surface area (Å²) in [7, 11) is 2.87. The van der Waals surface area contributed by atoms with E-state index in [2.05, 4.69) is 0 Å². The van der Waals surface area contributed by atoms with Crippen molar-refractivity contribution in [1.82, 2.24) is 0 Å². The Morgan fingerprint density at radius 3 is 2.62 bits per heavy atom. The van der Waals surface area contributed by atoms with Gasteiger partial charge in [0.05, 0.1) is 6.61 Å². The van der Waals surface area contributed by atoms with Crippen LogP contribution in [0, 0.1) is 11.3 Å². The predicted octanol–water partition coefficient (Wildman–Crippen LogP) is 0.220. The molecule has 0 bridgehead atoms. The Morgan fingerprint density at radius 2 is 2.19 bits per heavy atom. The third-order valence-electron chi connectivity index (χ3n) is 2.46. The van der Waals surface area contributed by atoms with E-state index in [0.29, 0.717) is 13.0 Å². The molecule has 2 atom stereocenters. The first kappa shape index (κ1) is 12.9. The monoisotopic (exact) mass is 229 g/mol. The summed E-state index contributed by atoms with van der Waals surface area (Å²) in [4.78, 5) is 11.0. The average molecular weight is 229 g/mol. The molecule has 0 N–H and O–H groups in total. The van der Waals surface area contributed by atoms with Gasteiger partial charge in [-0.3, -0.25) is 4.79 Å². The van der Waals surface area contributed by atoms with Crippen LogP contribution in [0.15, 0.2) is 0 Å². The van der Waals surface area contributed by atoms with Crippen LogP contribution in [0.3, 0.4) is 0 Å². The lowest BCUT2D eigenvalue weighted by atomic mass is 9.96. The van der Waals surface area contributed by atoms with Crippen LogP contribution in [0.4, 0.5) is 0 Å². The minimum absolute atomic E-state index is 0.316. The SMILES string of the molecule is COC(OC)[C@@H]1OCC[C@]1(C#N)OC(C)=O. The number of carbonyl (C=O) groups excluding carboxylic acids is 1. The number of esters is 1. The minimum atomic E-state index is -1.32. The van der Waals surface area contributed by atoms with Gasteiger partial charge in [-0.1, -0.05) is 0 Å². The third-order valence-corrected chi connectivity index (χ3v) is 2.46. The van der Waals surface area contributed by atoms with Crippen molar-refractivity contribution in [2.45, 2.75) is 31.3 Å². The van der Waals surface area contributed by atoms with Crippen LogP contribution in [0.2, 0.25) is 0 Å². The molecule has 1 saturated heterocycles. The molecule has 1 fully saturated rings. The van der Waals surface area contributed by atoms with Gasteiger partial charge in [-0.05, 0) is 0 Å². The minimum Gasteiger partial charge on any atom is -0.441 e. The molecule has 16 heavy (non-hydrogen) atoms. The van der Waals surface area contributed by atoms with Crippen LogP contribution < -0.4 is 0 Å². The van der Waals surface area contributed by atoms with Crippen molar-refractivity contribution in [3.63, 3.8) is 0 Å². The lowest BCUT2D eigenvalue weighted by Crippen LogP contribution is -2.49. The van der Waals surface area contributed by atoms with Crippen molar-refractivity contribution in [3.8, 4) is 6.07 Å². The van der Waals surface area contributed by atoms with E-state index in [1.807, 2.05) is 6.07 Å². The van der Waals surface area contributed by atoms with Crippen LogP contribution >= 0.6 is 0 Å². The van der Waals surface area contributed by atoms with Crippen molar-refractivity contribution in [2.24, 2.45) is 0 Å². The average Bonchev–Trinajstić information content (AvgIpc) is 2.64. The number of methoxy groups -OCH3 is 2. The number of nitriles is 1. The van der Waals surface area contributed by atoms with Crippen LogP contribution in [0.5, 0.6) is 0 Å². The molecule has 0 radical (unpaired) electrons. The van der Waals surface area contributed by atoms with Crippen molar-refractivity contribution < 1.29 is 23.7 Å². The Kier molecular flexibility index (Phi) is 4.24. The molecule has 0 aromatic heterocycles. The lowest BCUT2D eigenvalue weighted by Gasteiger charge is -2.30. The normalized spacial score (nSPS) is 29.1. The van der Waals surface area contributed by atoms with Gasteiger partial charge in [0.1, 0.15) is 6.07 Å². The van der Waals surface area contributed by atoms with Crippen LogP contribution in [-0.4, -0.2) is 44.8 Å². The molecule has 1 aliphatic heterocycles. The smallest absolute Gasteiger partial charge is 0.304 e. The van der Waals surface area contributed by atoms with Crippen LogP contribution in [0.25, 0.3) is 0 Å². The molecule has 0 aromatic rings. The molecule has 0 aliphatic carbocycles. The van der Waals surface area contributed by atoms with E-state index >= 15 is 0 Å². The number of rotatable bonds is 4. The van der Waals surface area contributed by atoms with Crippen molar-refractivity contribution in [3.05, 3.63) is 0 Å². The molecule has 1 rings (SSSR count). The summed E-state index contributed by atoms with van der Waals surface area (Å²) >= 11 is 0. The fraction of sp³-hybridized carbons (Fsp3) is 0.800. The molecule has 0 unspecified atom stereocenters. The zero-order valence-corrected chi connectivity index (χ0v) is 9.56. The van der Waals surface area contributed by atoms with E-state index < -0.39 is 24.0 Å². The van der Waals surface area contributed by atoms with Gasteiger partial charge in [-0.2, -0.15) is 5.26 Å². The number of hydrogen-bond acceptors (Lipinski definition) is 6. The van der Waals surface area contributed by atoms with Crippen molar-refractivity contribution in [1.29, 1.82) is 5.26 Å². The molecule has 6 nitrogen and oxygen atoms in total. The maximum atomic E-state index is 11.0. The van der Waals surface area contributed by atoms with E-state index in [1.54, 1.807) is 0 Å². The highest BCUT2D eigenvalue weighted by molar-refractivity contribution is 5.67. The van der Waals surface area contributed by atoms with E-state index in [4.69, 9.17) is 24.2 Å². The second kappa shape index (κ2) is 5.25. The van der Waals surface area contributed by atoms with E-state index in [9.17, 15) is 4.79 Å². The van der Waals surface area contributed by atoms with Crippen LogP contribution in [0.1, 0.15) is 13.3 Å². The van der Waals surface area contributed by atoms with Crippen LogP contribution in [-0.2, 0) is 23.7 Å². The predicted molar refractivity (Wildman–Crippen MR) is 52.3 cm³/mol. The maximum absolute atomic E-state index is 11.0. The molecule has 0 aromatic carbocycles. The van der Waals surface area contributed by atoms with Gasteiger partial charge in [0.15, 0.2) is 12.4 Å². The number of ether oxygens (including phenoxy) is 4. The summed E-state index contributed by atoms with van der Waals surface area (Å²) in [6.07, 6.45) is -1.14. The topological polar surface area (TPSA) is 77.8 Å². The molecule has 6 heteroatoms. The fourth-order valence-corrected chi connectivity index (χ4v) is 1.76. The van der Waals surface area contributed by atoms with Gasteiger partial charge in [0.25, 0.3) is 0 Å². The van der Waals surface area contributed by atoms with Crippen molar-refractivity contribution in [2.75, 3.05) is 20.8 Å². The summed E-state index contributed by atoms with van der Waals surface area (Å²) in [6.45, 7) is 1.58. The molecule has 0 spiro atoms. The number of nitrogens with zero attached hydrogens (tertiary/aromatic N) is 1. The highest BCUT2D eigenvalue weighted by Gasteiger charge is 2.52. The van der Waals surface area contributed by atoms with E-state index in [-0.39, 0.29) is 0 Å². The van der Waals surface area contributed by atoms with Gasteiger partial charge in [0, 0.05) is 27.6 Å². The van der Waals surface area contributed by atoms with Crippen molar-refractivity contribution >= 4 is 5.97 Å². The Balaban J connectivity index is 2.90. The summed E-state index contributed by atoms with van der Waals surface area (Å²) in [5.41, 5.74) is -1.32. The van der Waals surface area contributed by atoms with Gasteiger partial charge in [-0.15, -0.1) is 0 Å². The lowest BCUT2D eigenvalue weighted by molar-refractivity contribution is -0.205. The molecule has 1 heterocycles. The Hall–Kier alpha value is -1.16. The van der Waals surface area contributed by atoms with Gasteiger partial charge in [0.2, 0.25) is 5.60 Å². The second-order valence-corrected chi connectivity index (χ2v) is 3.48. The highest BCUT2D eigenvalue weighted by Crippen LogP contribution is 2.32. The molecular formula is C10H15NO5. The Morgan fingerprint density at radius 1 is 1.56 bits per heavy atom. The first-order valence-corrected chi connectivity index (χ1v) is 4.87. The Labute approximate surface area is 94.0 Å². The molecule has 90 valence electrons. The summed E-state index contributed by atoms with van der Waals surface area (Å²) in [5.74, 6) is -0.525. The standard InChI is InChI=1S/C10H15NO5/c1-7(12)16-10(6-11)4-5-15-8(10)9(13-2)14-3/h8-9H,4-5H2,1-3H3/t8-,10+/m0/s1. The first-order valence-electron chi connectivity index (χ1n) is 4.87. The third kappa shape index (κ3) is 2.32. The molecule has 0 amide bonds. The maximum Gasteiger partial charge on any atom is 0.304 e. The summed E-state index contributed by atoms with van der Waals surface area (Å²) in [6, 6.07) is 1.98. The zero-order valence-electron chi connectivity index (χ0n) is 9.56. The molecular weight excluding hydrogens is 214 g/mol. The van der Waals surface area contributed by atoms with Gasteiger partial charge >= 0.3 is 5.97 Å². The summed E-state index contributed by atoms with van der Waals surface area (Å²) in [5, 5.41) is 9.16. The number of hydrogen-bond donors (Lipinski definition) is 0. The highest BCUT2D eigenvalue weighted by atomic mass is 16.7. The first-order chi connectivity index (χ1) is 7.59. The largest absolute Gasteiger partial charge is 0.441 e. The van der Waals surface area contributed by atoms with E-state index in [0.717, 1.165) is 0 Å². The Bertz CT molecular complexity index is 296. The zero-order chi connectivity index (χ0) is 12.2. The van der Waals surface area contributed by atoms with E-state index in [1.165, 1.54) is 21.1 Å². The quantitative estimate of drug-likeness (QED) is 0.507. The van der Waals surface area contributed by atoms with Gasteiger partial charge < -0.3 is 18.9 Å². The molecule has 0 saturated carbocycles. The number of carbonyl (C=O) groups is 1.